The third kappa shape index (κ3) is 2.97. The van der Waals surface area contributed by atoms with Gasteiger partial charge in [0.1, 0.15) is 0 Å². The van der Waals surface area contributed by atoms with Gasteiger partial charge in [0, 0.05) is 17.4 Å². The molecule has 3 atom stereocenters. The minimum Gasteiger partial charge on any atom is -0.375 e. The van der Waals surface area contributed by atoms with Gasteiger partial charge in [-0.25, -0.2) is 0 Å². The summed E-state index contributed by atoms with van der Waals surface area (Å²) < 4.78 is 6.53. The SMILES string of the molecule is CC1(C(N)C2CCOC3(CCSCC3)C2)CCCS1. The molecule has 19 heavy (non-hydrogen) atoms. The minimum absolute atomic E-state index is 0.186. The van der Waals surface area contributed by atoms with E-state index in [2.05, 4.69) is 30.4 Å². The van der Waals surface area contributed by atoms with Crippen molar-refractivity contribution < 1.29 is 4.74 Å². The van der Waals surface area contributed by atoms with Gasteiger partial charge in [0.05, 0.1) is 5.60 Å². The number of thioether (sulfide) groups is 2. The maximum atomic E-state index is 6.70. The number of hydrogen-bond acceptors (Lipinski definition) is 4. The zero-order valence-corrected chi connectivity index (χ0v) is 13.7. The molecule has 1 spiro atoms. The Labute approximate surface area is 126 Å². The summed E-state index contributed by atoms with van der Waals surface area (Å²) in [4.78, 5) is 0. The molecule has 0 radical (unpaired) electrons. The maximum Gasteiger partial charge on any atom is 0.0701 e. The summed E-state index contributed by atoms with van der Waals surface area (Å²) in [5.74, 6) is 4.52. The molecule has 0 aromatic rings. The molecule has 4 heteroatoms. The smallest absolute Gasteiger partial charge is 0.0701 e. The first-order chi connectivity index (χ1) is 9.14. The molecule has 3 heterocycles. The van der Waals surface area contributed by atoms with Gasteiger partial charge in [0.2, 0.25) is 0 Å². The van der Waals surface area contributed by atoms with Crippen LogP contribution >= 0.6 is 23.5 Å². The third-order valence-electron chi connectivity index (χ3n) is 5.40. The van der Waals surface area contributed by atoms with Crippen LogP contribution in [0.2, 0.25) is 0 Å². The van der Waals surface area contributed by atoms with Crippen molar-refractivity contribution in [3.63, 3.8) is 0 Å². The zero-order chi connectivity index (χ0) is 13.3. The van der Waals surface area contributed by atoms with E-state index in [1.165, 1.54) is 55.8 Å². The van der Waals surface area contributed by atoms with Crippen LogP contribution in [0.1, 0.15) is 45.4 Å². The van der Waals surface area contributed by atoms with E-state index in [0.717, 1.165) is 6.61 Å². The van der Waals surface area contributed by atoms with Gasteiger partial charge < -0.3 is 10.5 Å². The van der Waals surface area contributed by atoms with Crippen molar-refractivity contribution in [3.8, 4) is 0 Å². The zero-order valence-electron chi connectivity index (χ0n) is 12.0. The van der Waals surface area contributed by atoms with Gasteiger partial charge in [0.25, 0.3) is 0 Å². The highest BCUT2D eigenvalue weighted by Gasteiger charge is 2.45. The standard InChI is InChI=1S/C15H27NOS2/c1-14(4-2-8-19-14)13(16)12-3-7-17-15(11-12)5-9-18-10-6-15/h12-13H,2-11,16H2,1H3. The number of nitrogens with two attached hydrogens (primary N) is 1. The van der Waals surface area contributed by atoms with E-state index in [0.29, 0.717) is 16.7 Å². The monoisotopic (exact) mass is 301 g/mol. The van der Waals surface area contributed by atoms with E-state index in [1.54, 1.807) is 0 Å². The summed E-state index contributed by atoms with van der Waals surface area (Å²) in [6.45, 7) is 3.33. The van der Waals surface area contributed by atoms with Crippen LogP contribution in [0.15, 0.2) is 0 Å². The molecule has 3 fully saturated rings. The topological polar surface area (TPSA) is 35.2 Å². The Bertz CT molecular complexity index is 306. The summed E-state index contributed by atoms with van der Waals surface area (Å²) >= 11 is 4.19. The Balaban J connectivity index is 1.67. The van der Waals surface area contributed by atoms with Gasteiger partial charge in [-0.05, 0) is 68.6 Å². The molecule has 3 aliphatic rings. The molecule has 3 aliphatic heterocycles. The van der Waals surface area contributed by atoms with Gasteiger partial charge in [-0.1, -0.05) is 0 Å². The normalized spacial score (nSPS) is 40.4. The van der Waals surface area contributed by atoms with E-state index in [-0.39, 0.29) is 5.60 Å². The fraction of sp³-hybridized carbons (Fsp3) is 1.00. The molecule has 0 aliphatic carbocycles. The Kier molecular flexibility index (Phi) is 4.43. The van der Waals surface area contributed by atoms with Crippen LogP contribution in [-0.2, 0) is 4.74 Å². The molecule has 110 valence electrons. The Morgan fingerprint density at radius 1 is 1.21 bits per heavy atom. The second-order valence-corrected chi connectivity index (χ2v) is 9.54. The first-order valence-corrected chi connectivity index (χ1v) is 9.89. The molecule has 3 rings (SSSR count). The first-order valence-electron chi connectivity index (χ1n) is 7.75. The molecule has 0 saturated carbocycles. The molecule has 0 aromatic heterocycles. The van der Waals surface area contributed by atoms with Crippen LogP contribution in [0, 0.1) is 5.92 Å². The first kappa shape index (κ1) is 14.6. The minimum atomic E-state index is 0.186. The van der Waals surface area contributed by atoms with Crippen molar-refractivity contribution in [3.05, 3.63) is 0 Å². The van der Waals surface area contributed by atoms with Crippen LogP contribution in [0.4, 0.5) is 0 Å². The highest BCUT2D eigenvalue weighted by molar-refractivity contribution is 8.01. The molecule has 0 bridgehead atoms. The van der Waals surface area contributed by atoms with Crippen LogP contribution in [0.3, 0.4) is 0 Å². The van der Waals surface area contributed by atoms with Gasteiger partial charge in [-0.3, -0.25) is 0 Å². The summed E-state index contributed by atoms with van der Waals surface area (Å²) in [5.41, 5.74) is 6.88. The van der Waals surface area contributed by atoms with Gasteiger partial charge in [-0.15, -0.1) is 0 Å². The highest BCUT2D eigenvalue weighted by Crippen LogP contribution is 2.47. The molecule has 0 amide bonds. The lowest BCUT2D eigenvalue weighted by molar-refractivity contribution is -0.106. The number of hydrogen-bond donors (Lipinski definition) is 1. The molecule has 0 aromatic carbocycles. The van der Waals surface area contributed by atoms with Crippen molar-refractivity contribution in [2.75, 3.05) is 23.9 Å². The van der Waals surface area contributed by atoms with E-state index in [4.69, 9.17) is 10.5 Å². The average Bonchev–Trinajstić information content (AvgIpc) is 2.87. The van der Waals surface area contributed by atoms with Gasteiger partial charge in [-0.2, -0.15) is 23.5 Å². The van der Waals surface area contributed by atoms with E-state index in [9.17, 15) is 0 Å². The molecule has 2 N–H and O–H groups in total. The van der Waals surface area contributed by atoms with Crippen LogP contribution in [0.25, 0.3) is 0 Å². The highest BCUT2D eigenvalue weighted by atomic mass is 32.2. The molecule has 3 unspecified atom stereocenters. The van der Waals surface area contributed by atoms with Crippen molar-refractivity contribution in [1.82, 2.24) is 0 Å². The molecular weight excluding hydrogens is 274 g/mol. The third-order valence-corrected chi connectivity index (χ3v) is 8.01. The predicted molar refractivity (Wildman–Crippen MR) is 86.0 cm³/mol. The summed E-state index contributed by atoms with van der Waals surface area (Å²) in [5, 5.41) is 0. The van der Waals surface area contributed by atoms with Crippen molar-refractivity contribution in [1.29, 1.82) is 0 Å². The molecule has 3 saturated heterocycles. The fourth-order valence-electron chi connectivity index (χ4n) is 4.03. The summed E-state index contributed by atoms with van der Waals surface area (Å²) in [6.07, 6.45) is 7.52. The Morgan fingerprint density at radius 2 is 2.00 bits per heavy atom. The van der Waals surface area contributed by atoms with Crippen molar-refractivity contribution in [2.24, 2.45) is 11.7 Å². The van der Waals surface area contributed by atoms with Crippen LogP contribution < -0.4 is 5.73 Å². The van der Waals surface area contributed by atoms with Crippen LogP contribution in [0.5, 0.6) is 0 Å². The number of rotatable bonds is 2. The molecular formula is C15H27NOS2. The average molecular weight is 302 g/mol. The molecule has 2 nitrogen and oxygen atoms in total. The Morgan fingerprint density at radius 3 is 2.68 bits per heavy atom. The van der Waals surface area contributed by atoms with E-state index >= 15 is 0 Å². The maximum absolute atomic E-state index is 6.70. The lowest BCUT2D eigenvalue weighted by Gasteiger charge is -2.47. The van der Waals surface area contributed by atoms with Crippen LogP contribution in [-0.4, -0.2) is 40.3 Å². The van der Waals surface area contributed by atoms with Crippen molar-refractivity contribution in [2.45, 2.75) is 61.8 Å². The largest absolute Gasteiger partial charge is 0.375 e. The second kappa shape index (κ2) is 5.78. The predicted octanol–water partition coefficient (Wildman–Crippen LogP) is 3.29. The summed E-state index contributed by atoms with van der Waals surface area (Å²) in [6, 6.07) is 0.357. The Hall–Kier alpha value is 0.620. The lowest BCUT2D eigenvalue weighted by atomic mass is 9.75. The summed E-state index contributed by atoms with van der Waals surface area (Å²) in [7, 11) is 0. The second-order valence-electron chi connectivity index (χ2n) is 6.69. The van der Waals surface area contributed by atoms with E-state index in [1.807, 2.05) is 0 Å². The van der Waals surface area contributed by atoms with Gasteiger partial charge >= 0.3 is 0 Å². The number of ether oxygens (including phenoxy) is 1. The lowest BCUT2D eigenvalue weighted by Crippen LogP contribution is -2.53. The quantitative estimate of drug-likeness (QED) is 0.849. The van der Waals surface area contributed by atoms with E-state index < -0.39 is 0 Å². The fourth-order valence-corrected chi connectivity index (χ4v) is 6.69. The van der Waals surface area contributed by atoms with Crippen molar-refractivity contribution >= 4 is 23.5 Å². The van der Waals surface area contributed by atoms with Gasteiger partial charge in [0.15, 0.2) is 0 Å².